The zero-order chi connectivity index (χ0) is 17.0. The molecule has 0 fully saturated rings. The maximum Gasteiger partial charge on any atom is 0.220 e. The number of benzene rings is 1. The SMILES string of the molecule is CCN(CC)CCCC(C)NC1=C(Cl)S(=O)(=O)c2ccccc21. The van der Waals surface area contributed by atoms with Gasteiger partial charge in [0.25, 0.3) is 0 Å². The van der Waals surface area contributed by atoms with E-state index in [0.717, 1.165) is 32.5 Å². The molecule has 1 aliphatic heterocycles. The van der Waals surface area contributed by atoms with E-state index in [-0.39, 0.29) is 10.4 Å². The highest BCUT2D eigenvalue weighted by atomic mass is 35.5. The Hall–Kier alpha value is -1.04. The molecule has 4 nitrogen and oxygen atoms in total. The second-order valence-corrected chi connectivity index (χ2v) is 8.32. The van der Waals surface area contributed by atoms with E-state index in [1.807, 2.05) is 6.07 Å². The molecule has 0 radical (unpaired) electrons. The number of nitrogens with one attached hydrogen (secondary N) is 1. The molecule has 1 aromatic carbocycles. The summed E-state index contributed by atoms with van der Waals surface area (Å²) in [5.41, 5.74) is 1.21. The minimum absolute atomic E-state index is 0.0886. The van der Waals surface area contributed by atoms with Crippen molar-refractivity contribution in [2.24, 2.45) is 0 Å². The van der Waals surface area contributed by atoms with Gasteiger partial charge in [-0.3, -0.25) is 0 Å². The van der Waals surface area contributed by atoms with Crippen molar-refractivity contribution < 1.29 is 8.42 Å². The number of sulfone groups is 1. The molecule has 1 aliphatic rings. The molecule has 0 amide bonds. The smallest absolute Gasteiger partial charge is 0.220 e. The summed E-state index contributed by atoms with van der Waals surface area (Å²) in [5.74, 6) is 0. The summed E-state index contributed by atoms with van der Waals surface area (Å²) in [6.07, 6.45) is 2.03. The second kappa shape index (κ2) is 7.69. The van der Waals surface area contributed by atoms with Crippen LogP contribution in [0.15, 0.2) is 33.5 Å². The van der Waals surface area contributed by atoms with Crippen molar-refractivity contribution in [3.63, 3.8) is 0 Å². The summed E-state index contributed by atoms with van der Waals surface area (Å²) < 4.78 is 24.6. The topological polar surface area (TPSA) is 49.4 Å². The van der Waals surface area contributed by atoms with Crippen LogP contribution < -0.4 is 5.32 Å². The van der Waals surface area contributed by atoms with Gasteiger partial charge in [0.2, 0.25) is 9.84 Å². The summed E-state index contributed by atoms with van der Waals surface area (Å²) in [7, 11) is -3.55. The molecule has 23 heavy (non-hydrogen) atoms. The van der Waals surface area contributed by atoms with Gasteiger partial charge in [-0.1, -0.05) is 43.6 Å². The van der Waals surface area contributed by atoms with Crippen LogP contribution in [0, 0.1) is 0 Å². The molecule has 1 N–H and O–H groups in total. The van der Waals surface area contributed by atoms with Gasteiger partial charge in [-0.05, 0) is 45.5 Å². The summed E-state index contributed by atoms with van der Waals surface area (Å²) in [4.78, 5) is 2.68. The molecule has 6 heteroatoms. The molecule has 1 unspecified atom stereocenters. The van der Waals surface area contributed by atoms with Gasteiger partial charge in [-0.15, -0.1) is 0 Å². The van der Waals surface area contributed by atoms with Gasteiger partial charge in [-0.25, -0.2) is 8.42 Å². The third kappa shape index (κ3) is 3.90. The molecule has 0 saturated carbocycles. The summed E-state index contributed by atoms with van der Waals surface area (Å²) in [6.45, 7) is 9.56. The molecular weight excluding hydrogens is 332 g/mol. The van der Waals surface area contributed by atoms with Crippen LogP contribution >= 0.6 is 11.6 Å². The van der Waals surface area contributed by atoms with Crippen LogP contribution in [-0.2, 0) is 9.84 Å². The summed E-state index contributed by atoms with van der Waals surface area (Å²) in [6, 6.07) is 7.11. The number of rotatable bonds is 8. The highest BCUT2D eigenvalue weighted by molar-refractivity contribution is 7.97. The summed E-state index contributed by atoms with van der Waals surface area (Å²) >= 11 is 6.13. The predicted molar refractivity (Wildman–Crippen MR) is 96.0 cm³/mol. The van der Waals surface area contributed by atoms with Gasteiger partial charge in [0, 0.05) is 11.6 Å². The Kier molecular flexibility index (Phi) is 6.12. The molecule has 1 aromatic rings. The van der Waals surface area contributed by atoms with E-state index in [1.165, 1.54) is 0 Å². The third-order valence-corrected chi connectivity index (χ3v) is 6.68. The van der Waals surface area contributed by atoms with Crippen molar-refractivity contribution >= 4 is 27.1 Å². The fraction of sp³-hybridized carbons (Fsp3) is 0.529. The third-order valence-electron chi connectivity index (χ3n) is 4.28. The molecular formula is C17H25ClN2O2S. The average molecular weight is 357 g/mol. The van der Waals surface area contributed by atoms with E-state index < -0.39 is 9.84 Å². The Bertz CT molecular complexity index is 682. The molecule has 1 atom stereocenters. The highest BCUT2D eigenvalue weighted by Gasteiger charge is 2.34. The van der Waals surface area contributed by atoms with Crippen molar-refractivity contribution in [3.05, 3.63) is 34.2 Å². The molecule has 0 saturated heterocycles. The zero-order valence-electron chi connectivity index (χ0n) is 14.0. The minimum atomic E-state index is -3.55. The zero-order valence-corrected chi connectivity index (χ0v) is 15.5. The van der Waals surface area contributed by atoms with Crippen LogP contribution in [0.4, 0.5) is 0 Å². The van der Waals surface area contributed by atoms with Gasteiger partial charge in [0.15, 0.2) is 4.36 Å². The van der Waals surface area contributed by atoms with Crippen LogP contribution in [0.2, 0.25) is 0 Å². The highest BCUT2D eigenvalue weighted by Crippen LogP contribution is 2.39. The largest absolute Gasteiger partial charge is 0.380 e. The van der Waals surface area contributed by atoms with E-state index in [1.54, 1.807) is 18.2 Å². The van der Waals surface area contributed by atoms with E-state index in [0.29, 0.717) is 16.2 Å². The first-order valence-corrected chi connectivity index (χ1v) is 10.0. The lowest BCUT2D eigenvalue weighted by atomic mass is 10.1. The van der Waals surface area contributed by atoms with Gasteiger partial charge in [0.05, 0.1) is 10.6 Å². The number of nitrogens with zero attached hydrogens (tertiary/aromatic N) is 1. The number of halogens is 1. The lowest BCUT2D eigenvalue weighted by Crippen LogP contribution is -2.28. The van der Waals surface area contributed by atoms with Gasteiger partial charge in [-0.2, -0.15) is 0 Å². The first-order valence-electron chi connectivity index (χ1n) is 8.15. The van der Waals surface area contributed by atoms with E-state index >= 15 is 0 Å². The van der Waals surface area contributed by atoms with Crippen LogP contribution in [0.5, 0.6) is 0 Å². The van der Waals surface area contributed by atoms with E-state index in [4.69, 9.17) is 11.6 Å². The van der Waals surface area contributed by atoms with E-state index in [9.17, 15) is 8.42 Å². The van der Waals surface area contributed by atoms with Crippen molar-refractivity contribution in [1.82, 2.24) is 10.2 Å². The Labute approximate surface area is 144 Å². The molecule has 0 spiro atoms. The van der Waals surface area contributed by atoms with Crippen molar-refractivity contribution in [2.75, 3.05) is 19.6 Å². The van der Waals surface area contributed by atoms with Crippen LogP contribution in [0.3, 0.4) is 0 Å². The van der Waals surface area contributed by atoms with Gasteiger partial charge in [0.1, 0.15) is 0 Å². The maximum absolute atomic E-state index is 12.3. The first kappa shape index (κ1) is 18.3. The molecule has 0 bridgehead atoms. The predicted octanol–water partition coefficient (Wildman–Crippen LogP) is 3.44. The number of hydrogen-bond acceptors (Lipinski definition) is 4. The van der Waals surface area contributed by atoms with Gasteiger partial charge >= 0.3 is 0 Å². The Morgan fingerprint density at radius 2 is 1.87 bits per heavy atom. The maximum atomic E-state index is 12.3. The average Bonchev–Trinajstić information content (AvgIpc) is 2.73. The lowest BCUT2D eigenvalue weighted by Gasteiger charge is -2.20. The normalized spacial score (nSPS) is 17.4. The van der Waals surface area contributed by atoms with Crippen LogP contribution in [0.25, 0.3) is 5.70 Å². The number of hydrogen-bond donors (Lipinski definition) is 1. The van der Waals surface area contributed by atoms with Crippen molar-refractivity contribution in [2.45, 2.75) is 44.6 Å². The van der Waals surface area contributed by atoms with Crippen LogP contribution in [0.1, 0.15) is 39.2 Å². The standard InChI is InChI=1S/C17H25ClN2O2S/c1-4-20(5-2)12-8-9-13(3)19-16-14-10-6-7-11-15(14)23(21,22)17(16)18/h6-7,10-11,13,19H,4-5,8-9,12H2,1-3H3. The monoisotopic (exact) mass is 356 g/mol. The fourth-order valence-corrected chi connectivity index (χ4v) is 4.61. The first-order chi connectivity index (χ1) is 10.9. The summed E-state index contributed by atoms with van der Waals surface area (Å²) in [5, 5.41) is 3.30. The molecule has 0 aliphatic carbocycles. The molecule has 2 rings (SSSR count). The number of fused-ring (bicyclic) bond motifs is 1. The lowest BCUT2D eigenvalue weighted by molar-refractivity contribution is 0.292. The molecule has 128 valence electrons. The Balaban J connectivity index is 2.04. The Morgan fingerprint density at radius 3 is 2.52 bits per heavy atom. The molecule has 1 heterocycles. The van der Waals surface area contributed by atoms with Gasteiger partial charge < -0.3 is 10.2 Å². The fourth-order valence-electron chi connectivity index (χ4n) is 2.86. The Morgan fingerprint density at radius 1 is 1.22 bits per heavy atom. The van der Waals surface area contributed by atoms with Crippen molar-refractivity contribution in [1.29, 1.82) is 0 Å². The molecule has 0 aromatic heterocycles. The van der Waals surface area contributed by atoms with Crippen molar-refractivity contribution in [3.8, 4) is 0 Å². The second-order valence-electron chi connectivity index (χ2n) is 5.86. The van der Waals surface area contributed by atoms with E-state index in [2.05, 4.69) is 31.0 Å². The quantitative estimate of drug-likeness (QED) is 0.775. The van der Waals surface area contributed by atoms with Crippen LogP contribution in [-0.4, -0.2) is 39.0 Å². The minimum Gasteiger partial charge on any atom is -0.380 e.